The van der Waals surface area contributed by atoms with Crippen LogP contribution in [0.15, 0.2) is 45.9 Å². The van der Waals surface area contributed by atoms with E-state index >= 15 is 0 Å². The SMILES string of the molecule is Cc1cc(-n2c(C)cc(C(=O)CSc3nc(C(F)(F)F)nc4ccccc34)c2C)no1. The number of hydrogen-bond acceptors (Lipinski definition) is 6. The van der Waals surface area contributed by atoms with Gasteiger partial charge in [0, 0.05) is 28.4 Å². The van der Waals surface area contributed by atoms with Crippen LogP contribution in [0.3, 0.4) is 0 Å². The largest absolute Gasteiger partial charge is 0.451 e. The minimum absolute atomic E-state index is 0.0690. The second-order valence-electron chi connectivity index (χ2n) is 7.00. The molecular weight excluding hydrogens is 429 g/mol. The van der Waals surface area contributed by atoms with Gasteiger partial charge < -0.3 is 4.52 Å². The number of carbonyl (C=O) groups is 1. The number of para-hydroxylation sites is 1. The number of carbonyl (C=O) groups excluding carboxylic acids is 1. The van der Waals surface area contributed by atoms with E-state index in [2.05, 4.69) is 15.1 Å². The highest BCUT2D eigenvalue weighted by Gasteiger charge is 2.35. The van der Waals surface area contributed by atoms with Crippen molar-refractivity contribution in [1.29, 1.82) is 0 Å². The van der Waals surface area contributed by atoms with Crippen molar-refractivity contribution in [2.75, 3.05) is 5.75 Å². The smallest absolute Gasteiger partial charge is 0.360 e. The van der Waals surface area contributed by atoms with Crippen molar-refractivity contribution in [2.45, 2.75) is 32.0 Å². The van der Waals surface area contributed by atoms with E-state index in [9.17, 15) is 18.0 Å². The summed E-state index contributed by atoms with van der Waals surface area (Å²) in [6.45, 7) is 5.40. The van der Waals surface area contributed by atoms with E-state index in [1.807, 2.05) is 6.92 Å². The molecule has 0 aliphatic rings. The summed E-state index contributed by atoms with van der Waals surface area (Å²) in [6, 6.07) is 9.93. The number of hydrogen-bond donors (Lipinski definition) is 0. The highest BCUT2D eigenvalue weighted by molar-refractivity contribution is 8.00. The Kier molecular flexibility index (Phi) is 5.34. The Balaban J connectivity index is 1.63. The van der Waals surface area contributed by atoms with Crippen molar-refractivity contribution >= 4 is 28.4 Å². The van der Waals surface area contributed by atoms with Gasteiger partial charge in [0.2, 0.25) is 5.82 Å². The van der Waals surface area contributed by atoms with E-state index in [4.69, 9.17) is 4.52 Å². The van der Waals surface area contributed by atoms with E-state index in [0.717, 1.165) is 17.5 Å². The van der Waals surface area contributed by atoms with E-state index in [0.29, 0.717) is 28.2 Å². The number of nitrogens with zero attached hydrogens (tertiary/aromatic N) is 4. The first kappa shape index (κ1) is 21.1. The van der Waals surface area contributed by atoms with Gasteiger partial charge in [0.05, 0.1) is 11.3 Å². The third kappa shape index (κ3) is 4.07. The number of ketones is 1. The third-order valence-corrected chi connectivity index (χ3v) is 5.73. The van der Waals surface area contributed by atoms with Crippen molar-refractivity contribution in [3.63, 3.8) is 0 Å². The van der Waals surface area contributed by atoms with E-state index in [-0.39, 0.29) is 22.1 Å². The van der Waals surface area contributed by atoms with Crippen LogP contribution in [0, 0.1) is 20.8 Å². The third-order valence-electron chi connectivity index (χ3n) is 4.74. The fraction of sp³-hybridized carbons (Fsp3) is 0.238. The van der Waals surface area contributed by atoms with Crippen LogP contribution in [0.1, 0.15) is 33.3 Å². The fourth-order valence-electron chi connectivity index (χ4n) is 3.35. The van der Waals surface area contributed by atoms with E-state index in [1.54, 1.807) is 48.7 Å². The topological polar surface area (TPSA) is 73.8 Å². The predicted molar refractivity (Wildman–Crippen MR) is 110 cm³/mol. The molecule has 0 radical (unpaired) electrons. The number of Topliss-reactive ketones (excluding diaryl/α,β-unsaturated/α-hetero) is 1. The minimum Gasteiger partial charge on any atom is -0.360 e. The van der Waals surface area contributed by atoms with Gasteiger partial charge in [-0.25, -0.2) is 9.97 Å². The average Bonchev–Trinajstić information content (AvgIpc) is 3.27. The molecule has 160 valence electrons. The van der Waals surface area contributed by atoms with Crippen molar-refractivity contribution in [1.82, 2.24) is 19.7 Å². The van der Waals surface area contributed by atoms with Crippen LogP contribution in [0.4, 0.5) is 13.2 Å². The van der Waals surface area contributed by atoms with Gasteiger partial charge in [0.15, 0.2) is 11.6 Å². The molecule has 3 heterocycles. The van der Waals surface area contributed by atoms with Crippen LogP contribution in [0.5, 0.6) is 0 Å². The van der Waals surface area contributed by atoms with Crippen LogP contribution in [0.25, 0.3) is 16.7 Å². The van der Waals surface area contributed by atoms with Gasteiger partial charge in [-0.05, 0) is 32.9 Å². The lowest BCUT2D eigenvalue weighted by molar-refractivity contribution is -0.145. The second-order valence-corrected chi connectivity index (χ2v) is 7.96. The number of halogens is 3. The van der Waals surface area contributed by atoms with Crippen molar-refractivity contribution in [2.24, 2.45) is 0 Å². The molecule has 0 aliphatic carbocycles. The number of benzene rings is 1. The lowest BCUT2D eigenvalue weighted by atomic mass is 10.2. The molecule has 0 saturated heterocycles. The lowest BCUT2D eigenvalue weighted by Gasteiger charge is -2.10. The molecule has 0 N–H and O–H groups in total. The number of aryl methyl sites for hydroxylation is 2. The molecule has 0 aliphatic heterocycles. The normalized spacial score (nSPS) is 11.9. The van der Waals surface area contributed by atoms with Crippen molar-refractivity contribution in [3.05, 3.63) is 64.9 Å². The molecule has 0 spiro atoms. The van der Waals surface area contributed by atoms with Gasteiger partial charge in [0.25, 0.3) is 0 Å². The molecule has 4 rings (SSSR count). The summed E-state index contributed by atoms with van der Waals surface area (Å²) in [5.41, 5.74) is 2.13. The summed E-state index contributed by atoms with van der Waals surface area (Å²) in [5, 5.41) is 4.58. The molecule has 0 bridgehead atoms. The number of thioether (sulfide) groups is 1. The Bertz CT molecular complexity index is 1290. The highest BCUT2D eigenvalue weighted by atomic mass is 32.2. The Hall–Kier alpha value is -3.14. The first-order chi connectivity index (χ1) is 14.6. The molecule has 1 aromatic carbocycles. The average molecular weight is 446 g/mol. The lowest BCUT2D eigenvalue weighted by Crippen LogP contribution is -2.12. The Morgan fingerprint density at radius 2 is 1.87 bits per heavy atom. The molecule has 0 fully saturated rings. The zero-order valence-corrected chi connectivity index (χ0v) is 17.6. The zero-order valence-electron chi connectivity index (χ0n) is 16.8. The van der Waals surface area contributed by atoms with Crippen molar-refractivity contribution < 1.29 is 22.5 Å². The second kappa shape index (κ2) is 7.84. The highest BCUT2D eigenvalue weighted by Crippen LogP contribution is 2.32. The first-order valence-corrected chi connectivity index (χ1v) is 10.3. The fourth-order valence-corrected chi connectivity index (χ4v) is 4.25. The minimum atomic E-state index is -4.68. The Morgan fingerprint density at radius 3 is 2.55 bits per heavy atom. The number of alkyl halides is 3. The molecule has 0 amide bonds. The van der Waals surface area contributed by atoms with Gasteiger partial charge in [-0.3, -0.25) is 9.36 Å². The Labute approximate surface area is 179 Å². The number of rotatable bonds is 5. The summed E-state index contributed by atoms with van der Waals surface area (Å²) in [5.74, 6) is -0.306. The van der Waals surface area contributed by atoms with Crippen LogP contribution in [-0.4, -0.2) is 31.2 Å². The molecule has 10 heteroatoms. The molecule has 6 nitrogen and oxygen atoms in total. The molecule has 31 heavy (non-hydrogen) atoms. The summed E-state index contributed by atoms with van der Waals surface area (Å²) in [4.78, 5) is 20.2. The summed E-state index contributed by atoms with van der Waals surface area (Å²) in [6.07, 6.45) is -4.68. The van der Waals surface area contributed by atoms with E-state index < -0.39 is 12.0 Å². The number of aromatic nitrogens is 4. The summed E-state index contributed by atoms with van der Waals surface area (Å²) < 4.78 is 46.5. The molecule has 0 saturated carbocycles. The van der Waals surface area contributed by atoms with Gasteiger partial charge in [0.1, 0.15) is 10.8 Å². The maximum Gasteiger partial charge on any atom is 0.451 e. The number of fused-ring (bicyclic) bond motifs is 1. The molecule has 0 unspecified atom stereocenters. The standard InChI is InChI=1S/C21H17F3N4O2S/c1-11-8-15(13(3)28(11)18-9-12(2)30-27-18)17(29)10-31-19-14-6-4-5-7-16(14)25-20(26-19)21(22,23)24/h4-9H,10H2,1-3H3. The van der Waals surface area contributed by atoms with Crippen LogP contribution >= 0.6 is 11.8 Å². The van der Waals surface area contributed by atoms with Crippen LogP contribution < -0.4 is 0 Å². The molecular formula is C21H17F3N4O2S. The van der Waals surface area contributed by atoms with Gasteiger partial charge in [-0.15, -0.1) is 0 Å². The maximum atomic E-state index is 13.2. The summed E-state index contributed by atoms with van der Waals surface area (Å²) in [7, 11) is 0. The monoisotopic (exact) mass is 446 g/mol. The van der Waals surface area contributed by atoms with Gasteiger partial charge in [-0.2, -0.15) is 13.2 Å². The zero-order chi connectivity index (χ0) is 22.3. The molecule has 0 atom stereocenters. The van der Waals surface area contributed by atoms with E-state index in [1.165, 1.54) is 6.07 Å². The Morgan fingerprint density at radius 1 is 1.13 bits per heavy atom. The predicted octanol–water partition coefficient (Wildman–Crippen LogP) is 5.33. The molecule has 3 aromatic heterocycles. The quantitative estimate of drug-likeness (QED) is 0.234. The summed E-state index contributed by atoms with van der Waals surface area (Å²) >= 11 is 0.963. The molecule has 4 aromatic rings. The van der Waals surface area contributed by atoms with Gasteiger partial charge in [-0.1, -0.05) is 35.1 Å². The van der Waals surface area contributed by atoms with Gasteiger partial charge >= 0.3 is 6.18 Å². The van der Waals surface area contributed by atoms with Crippen molar-refractivity contribution in [3.8, 4) is 5.82 Å². The van der Waals surface area contributed by atoms with Crippen LogP contribution in [-0.2, 0) is 6.18 Å². The maximum absolute atomic E-state index is 13.2. The first-order valence-electron chi connectivity index (χ1n) is 9.28. The van der Waals surface area contributed by atoms with Crippen LogP contribution in [0.2, 0.25) is 0 Å².